The first-order valence-electron chi connectivity index (χ1n) is 6.44. The number of amides is 1. The maximum absolute atomic E-state index is 12.2. The fourth-order valence-corrected chi connectivity index (χ4v) is 1.57. The van der Waals surface area contributed by atoms with Gasteiger partial charge in [-0.25, -0.2) is 0 Å². The molecule has 1 aromatic rings. The molecule has 0 spiro atoms. The normalized spacial score (nSPS) is 10.6. The van der Waals surface area contributed by atoms with Gasteiger partial charge in [0.2, 0.25) is 0 Å². The first-order valence-corrected chi connectivity index (χ1v) is 6.44. The van der Waals surface area contributed by atoms with Gasteiger partial charge in [0.25, 0.3) is 5.91 Å². The fraction of sp³-hybridized carbons (Fsp3) is 0.667. The Kier molecular flexibility index (Phi) is 6.91. The van der Waals surface area contributed by atoms with Gasteiger partial charge < -0.3 is 20.1 Å². The van der Waals surface area contributed by atoms with Crippen LogP contribution in [0.1, 0.15) is 24.3 Å². The zero-order chi connectivity index (χ0) is 14.1. The zero-order valence-electron chi connectivity index (χ0n) is 11.5. The largest absolute Gasteiger partial charge is 0.382 e. The molecule has 1 aromatic heterocycles. The quantitative estimate of drug-likeness (QED) is 0.638. The predicted molar refractivity (Wildman–Crippen MR) is 71.9 cm³/mol. The van der Waals surface area contributed by atoms with Crippen molar-refractivity contribution in [2.45, 2.75) is 13.8 Å². The Morgan fingerprint density at radius 3 is 2.32 bits per heavy atom. The molecule has 0 bridgehead atoms. The van der Waals surface area contributed by atoms with Gasteiger partial charge in [0.15, 0.2) is 0 Å². The molecule has 7 nitrogen and oxygen atoms in total. The second kappa shape index (κ2) is 8.49. The summed E-state index contributed by atoms with van der Waals surface area (Å²) in [6.45, 7) is 7.12. The van der Waals surface area contributed by atoms with Gasteiger partial charge >= 0.3 is 0 Å². The molecule has 0 aliphatic carbocycles. The number of rotatable bonds is 9. The van der Waals surface area contributed by atoms with Gasteiger partial charge in [0, 0.05) is 32.4 Å². The van der Waals surface area contributed by atoms with Crippen LogP contribution in [0.2, 0.25) is 0 Å². The summed E-state index contributed by atoms with van der Waals surface area (Å²) in [5.74, 6) is 0.154. The molecule has 0 saturated carbocycles. The van der Waals surface area contributed by atoms with E-state index in [0.717, 1.165) is 0 Å². The number of hydrogen-bond donors (Lipinski definition) is 2. The summed E-state index contributed by atoms with van der Waals surface area (Å²) < 4.78 is 10.6. The second-order valence-electron chi connectivity index (χ2n) is 3.89. The number of hydrogen-bond acceptors (Lipinski definition) is 5. The van der Waals surface area contributed by atoms with Crippen LogP contribution in [0.3, 0.4) is 0 Å². The standard InChI is InChI=1S/C12H22N4O3/c1-3-18-7-5-16(6-8-19-4-2)12(17)10-9-11(13)15-14-10/h9H,3-8H2,1-2H3,(H3,13,14,15). The van der Waals surface area contributed by atoms with E-state index < -0.39 is 0 Å². The van der Waals surface area contributed by atoms with E-state index in [-0.39, 0.29) is 5.91 Å². The highest BCUT2D eigenvalue weighted by Gasteiger charge is 2.17. The van der Waals surface area contributed by atoms with Gasteiger partial charge in [-0.05, 0) is 13.8 Å². The van der Waals surface area contributed by atoms with Crippen LogP contribution in [0.4, 0.5) is 5.82 Å². The summed E-state index contributed by atoms with van der Waals surface area (Å²) in [6, 6.07) is 1.52. The van der Waals surface area contributed by atoms with Crippen LogP contribution < -0.4 is 5.73 Å². The van der Waals surface area contributed by atoms with Crippen molar-refractivity contribution in [1.29, 1.82) is 0 Å². The molecular weight excluding hydrogens is 248 g/mol. The Hall–Kier alpha value is -1.60. The summed E-state index contributed by atoms with van der Waals surface area (Å²) in [7, 11) is 0. The van der Waals surface area contributed by atoms with Gasteiger partial charge in [-0.2, -0.15) is 5.10 Å². The second-order valence-corrected chi connectivity index (χ2v) is 3.89. The Morgan fingerprint density at radius 2 is 1.89 bits per heavy atom. The number of aromatic amines is 1. The maximum atomic E-state index is 12.2. The minimum Gasteiger partial charge on any atom is -0.382 e. The molecule has 19 heavy (non-hydrogen) atoms. The SMILES string of the molecule is CCOCCN(CCOCC)C(=O)c1cc(N)n[nH]1. The van der Waals surface area contributed by atoms with E-state index in [4.69, 9.17) is 15.2 Å². The average molecular weight is 270 g/mol. The number of nitrogens with two attached hydrogens (primary N) is 1. The van der Waals surface area contributed by atoms with Crippen molar-refractivity contribution >= 4 is 11.7 Å². The lowest BCUT2D eigenvalue weighted by Crippen LogP contribution is -2.37. The number of carbonyl (C=O) groups excluding carboxylic acids is 1. The van der Waals surface area contributed by atoms with Crippen molar-refractivity contribution in [1.82, 2.24) is 15.1 Å². The summed E-state index contributed by atoms with van der Waals surface area (Å²) in [5, 5.41) is 6.37. The van der Waals surface area contributed by atoms with E-state index in [9.17, 15) is 4.79 Å². The zero-order valence-corrected chi connectivity index (χ0v) is 11.5. The van der Waals surface area contributed by atoms with Crippen LogP contribution in [0.25, 0.3) is 0 Å². The number of nitrogens with one attached hydrogen (secondary N) is 1. The lowest BCUT2D eigenvalue weighted by Gasteiger charge is -2.21. The molecule has 0 radical (unpaired) electrons. The highest BCUT2D eigenvalue weighted by atomic mass is 16.5. The Morgan fingerprint density at radius 1 is 1.32 bits per heavy atom. The highest BCUT2D eigenvalue weighted by Crippen LogP contribution is 2.05. The van der Waals surface area contributed by atoms with Gasteiger partial charge in [-0.3, -0.25) is 9.89 Å². The van der Waals surface area contributed by atoms with E-state index in [1.165, 1.54) is 6.07 Å². The van der Waals surface area contributed by atoms with Gasteiger partial charge in [0.1, 0.15) is 11.5 Å². The number of aromatic nitrogens is 2. The van der Waals surface area contributed by atoms with Crippen molar-refractivity contribution < 1.29 is 14.3 Å². The molecule has 1 heterocycles. The van der Waals surface area contributed by atoms with E-state index in [1.54, 1.807) is 4.90 Å². The topological polar surface area (TPSA) is 93.5 Å². The van der Waals surface area contributed by atoms with E-state index in [0.29, 0.717) is 51.0 Å². The van der Waals surface area contributed by atoms with Gasteiger partial charge in [-0.1, -0.05) is 0 Å². The third-order valence-electron chi connectivity index (χ3n) is 2.53. The molecule has 3 N–H and O–H groups in total. The molecule has 0 aliphatic heterocycles. The third kappa shape index (κ3) is 5.27. The summed E-state index contributed by atoms with van der Waals surface area (Å²) in [6.07, 6.45) is 0. The molecular formula is C12H22N4O3. The van der Waals surface area contributed by atoms with Crippen molar-refractivity contribution in [2.75, 3.05) is 45.3 Å². The predicted octanol–water partition coefficient (Wildman–Crippen LogP) is 0.507. The fourth-order valence-electron chi connectivity index (χ4n) is 1.57. The highest BCUT2D eigenvalue weighted by molar-refractivity contribution is 5.92. The summed E-state index contributed by atoms with van der Waals surface area (Å²) in [4.78, 5) is 13.9. The molecule has 1 rings (SSSR count). The Balaban J connectivity index is 2.57. The van der Waals surface area contributed by atoms with Crippen LogP contribution in [-0.2, 0) is 9.47 Å². The first-order chi connectivity index (χ1) is 9.19. The molecule has 0 saturated heterocycles. The smallest absolute Gasteiger partial charge is 0.272 e. The van der Waals surface area contributed by atoms with Gasteiger partial charge in [-0.15, -0.1) is 0 Å². The number of anilines is 1. The number of nitrogens with zero attached hydrogens (tertiary/aromatic N) is 2. The Bertz CT molecular complexity index is 371. The minimum atomic E-state index is -0.149. The lowest BCUT2D eigenvalue weighted by atomic mass is 10.3. The van der Waals surface area contributed by atoms with Crippen LogP contribution in [0.5, 0.6) is 0 Å². The van der Waals surface area contributed by atoms with Crippen molar-refractivity contribution in [3.63, 3.8) is 0 Å². The Labute approximate surface area is 113 Å². The molecule has 0 aromatic carbocycles. The molecule has 0 atom stereocenters. The van der Waals surface area contributed by atoms with Crippen LogP contribution in [0.15, 0.2) is 6.07 Å². The van der Waals surface area contributed by atoms with E-state index in [2.05, 4.69) is 10.2 Å². The number of ether oxygens (including phenoxy) is 2. The summed E-state index contributed by atoms with van der Waals surface area (Å²) >= 11 is 0. The van der Waals surface area contributed by atoms with Crippen molar-refractivity contribution in [3.05, 3.63) is 11.8 Å². The van der Waals surface area contributed by atoms with Crippen LogP contribution in [0, 0.1) is 0 Å². The van der Waals surface area contributed by atoms with Crippen molar-refractivity contribution in [3.8, 4) is 0 Å². The summed E-state index contributed by atoms with van der Waals surface area (Å²) in [5.41, 5.74) is 5.88. The van der Waals surface area contributed by atoms with Crippen molar-refractivity contribution in [2.24, 2.45) is 0 Å². The molecule has 108 valence electrons. The molecule has 0 aliphatic rings. The molecule has 0 unspecified atom stereocenters. The third-order valence-corrected chi connectivity index (χ3v) is 2.53. The average Bonchev–Trinajstić information content (AvgIpc) is 2.83. The first kappa shape index (κ1) is 15.5. The number of nitrogen functional groups attached to an aromatic ring is 1. The number of H-pyrrole nitrogens is 1. The van der Waals surface area contributed by atoms with E-state index in [1.807, 2.05) is 13.8 Å². The van der Waals surface area contributed by atoms with E-state index >= 15 is 0 Å². The lowest BCUT2D eigenvalue weighted by molar-refractivity contribution is 0.0545. The van der Waals surface area contributed by atoms with Crippen LogP contribution >= 0.6 is 0 Å². The molecule has 7 heteroatoms. The van der Waals surface area contributed by atoms with Gasteiger partial charge in [0.05, 0.1) is 13.2 Å². The molecule has 0 fully saturated rings. The van der Waals surface area contributed by atoms with Crippen LogP contribution in [-0.4, -0.2) is 60.5 Å². The minimum absolute atomic E-state index is 0.149. The number of carbonyl (C=O) groups is 1. The molecule has 1 amide bonds. The monoisotopic (exact) mass is 270 g/mol. The maximum Gasteiger partial charge on any atom is 0.272 e.